The summed E-state index contributed by atoms with van der Waals surface area (Å²) in [5.41, 5.74) is 7.88. The highest BCUT2D eigenvalue weighted by atomic mass is 19.4. The molecule has 1 aromatic heterocycles. The number of nitrogens with zero attached hydrogens (tertiary/aromatic N) is 2. The molecule has 1 heterocycles. The van der Waals surface area contributed by atoms with Crippen LogP contribution in [0.5, 0.6) is 0 Å². The minimum atomic E-state index is -4.73. The molecule has 1 unspecified atom stereocenters. The predicted molar refractivity (Wildman–Crippen MR) is 175 cm³/mol. The molecule has 4 N–H and O–H groups in total. The fourth-order valence-electron chi connectivity index (χ4n) is 6.02. The molecule has 5 aromatic carbocycles. The number of fused-ring (bicyclic) bond motifs is 3. The van der Waals surface area contributed by atoms with Crippen LogP contribution in [0, 0.1) is 5.92 Å². The number of halogens is 3. The maximum atomic E-state index is 13.7. The maximum absolute atomic E-state index is 13.7. The highest BCUT2D eigenvalue weighted by Crippen LogP contribution is 2.37. The van der Waals surface area contributed by atoms with Crippen LogP contribution in [0.25, 0.3) is 27.2 Å². The summed E-state index contributed by atoms with van der Waals surface area (Å²) < 4.78 is 42.2. The Morgan fingerprint density at radius 1 is 0.870 bits per heavy atom. The summed E-state index contributed by atoms with van der Waals surface area (Å²) in [4.78, 5) is 13.6. The monoisotopic (exact) mass is 619 g/mol. The third-order valence-corrected chi connectivity index (χ3v) is 8.52. The Labute approximate surface area is 264 Å². The molecule has 232 valence electrons. The van der Waals surface area contributed by atoms with E-state index in [4.69, 9.17) is 5.73 Å². The molecule has 0 spiro atoms. The maximum Gasteiger partial charge on any atom is 0.435 e. The number of carbonyl (C=O) groups is 1. The van der Waals surface area contributed by atoms with E-state index in [-0.39, 0.29) is 18.3 Å². The molecule has 6 nitrogen and oxygen atoms in total. The smallest absolute Gasteiger partial charge is 0.326 e. The van der Waals surface area contributed by atoms with Crippen molar-refractivity contribution >= 4 is 33.1 Å². The molecule has 1 aliphatic rings. The van der Waals surface area contributed by atoms with Gasteiger partial charge in [-0.3, -0.25) is 4.79 Å². The Kier molecular flexibility index (Phi) is 7.80. The average Bonchev–Trinajstić information content (AvgIpc) is 3.78. The van der Waals surface area contributed by atoms with E-state index < -0.39 is 17.8 Å². The van der Waals surface area contributed by atoms with Gasteiger partial charge in [0.25, 0.3) is 5.91 Å². The highest BCUT2D eigenvalue weighted by Gasteiger charge is 2.36. The second-order valence-corrected chi connectivity index (χ2v) is 11.8. The lowest BCUT2D eigenvalue weighted by molar-refractivity contribution is -0.141. The van der Waals surface area contributed by atoms with E-state index >= 15 is 0 Å². The number of anilines is 1. The van der Waals surface area contributed by atoms with Crippen molar-refractivity contribution in [2.24, 2.45) is 11.7 Å². The SMILES string of the molecule is NCc1cccc(-n2nc(C(F)(F)F)cc2C(=O)Nc2cccc(C(NCC3CC3)c3cc4ccccc4c4ccccc34)c2)c1. The zero-order valence-corrected chi connectivity index (χ0v) is 24.9. The van der Waals surface area contributed by atoms with Crippen molar-refractivity contribution < 1.29 is 18.0 Å². The lowest BCUT2D eigenvalue weighted by Gasteiger charge is -2.23. The molecule has 0 aliphatic heterocycles. The van der Waals surface area contributed by atoms with Gasteiger partial charge in [-0.2, -0.15) is 18.3 Å². The van der Waals surface area contributed by atoms with Gasteiger partial charge < -0.3 is 16.4 Å². The van der Waals surface area contributed by atoms with Crippen molar-refractivity contribution in [3.8, 4) is 5.69 Å². The van der Waals surface area contributed by atoms with Gasteiger partial charge in [0.05, 0.1) is 11.7 Å². The van der Waals surface area contributed by atoms with Gasteiger partial charge in [-0.15, -0.1) is 0 Å². The Morgan fingerprint density at radius 3 is 2.37 bits per heavy atom. The molecule has 1 fully saturated rings. The van der Waals surface area contributed by atoms with Crippen molar-refractivity contribution in [2.45, 2.75) is 31.6 Å². The number of benzene rings is 5. The largest absolute Gasteiger partial charge is 0.435 e. The number of rotatable bonds is 9. The van der Waals surface area contributed by atoms with Gasteiger partial charge in [-0.1, -0.05) is 72.8 Å². The van der Waals surface area contributed by atoms with E-state index in [9.17, 15) is 18.0 Å². The van der Waals surface area contributed by atoms with Crippen LogP contribution in [0.4, 0.5) is 18.9 Å². The van der Waals surface area contributed by atoms with Crippen molar-refractivity contribution in [1.29, 1.82) is 0 Å². The number of hydrogen-bond donors (Lipinski definition) is 3. The molecule has 1 atom stereocenters. The summed E-state index contributed by atoms with van der Waals surface area (Å²) in [6, 6.07) is 33.6. The van der Waals surface area contributed by atoms with E-state index in [2.05, 4.69) is 46.1 Å². The van der Waals surface area contributed by atoms with E-state index in [1.165, 1.54) is 18.2 Å². The molecule has 6 aromatic rings. The summed E-state index contributed by atoms with van der Waals surface area (Å²) in [7, 11) is 0. The Bertz CT molecular complexity index is 2060. The fraction of sp³-hybridized carbons (Fsp3) is 0.189. The van der Waals surface area contributed by atoms with Gasteiger partial charge in [0.15, 0.2) is 5.69 Å². The summed E-state index contributed by atoms with van der Waals surface area (Å²) in [5.74, 6) is -0.0880. The van der Waals surface area contributed by atoms with Gasteiger partial charge in [0.2, 0.25) is 0 Å². The first-order valence-electron chi connectivity index (χ1n) is 15.3. The fourth-order valence-corrected chi connectivity index (χ4v) is 6.02. The molecule has 0 saturated heterocycles. The summed E-state index contributed by atoms with van der Waals surface area (Å²) in [6.07, 6.45) is -2.35. The van der Waals surface area contributed by atoms with Crippen LogP contribution in [-0.4, -0.2) is 22.2 Å². The number of aromatic nitrogens is 2. The number of nitrogens with two attached hydrogens (primary N) is 1. The number of hydrogen-bond acceptors (Lipinski definition) is 4. The van der Waals surface area contributed by atoms with Crippen LogP contribution in [0.2, 0.25) is 0 Å². The first kappa shape index (κ1) is 29.7. The van der Waals surface area contributed by atoms with E-state index in [1.54, 1.807) is 30.3 Å². The van der Waals surface area contributed by atoms with Crippen molar-refractivity contribution in [2.75, 3.05) is 11.9 Å². The molecule has 9 heteroatoms. The lowest BCUT2D eigenvalue weighted by atomic mass is 9.90. The number of nitrogens with one attached hydrogen (secondary N) is 2. The van der Waals surface area contributed by atoms with Gasteiger partial charge in [0.1, 0.15) is 5.69 Å². The third-order valence-electron chi connectivity index (χ3n) is 8.52. The zero-order chi connectivity index (χ0) is 31.8. The van der Waals surface area contributed by atoms with Crippen LogP contribution >= 0.6 is 0 Å². The minimum Gasteiger partial charge on any atom is -0.326 e. The normalized spacial score (nSPS) is 14.1. The number of amides is 1. The molecule has 1 amide bonds. The van der Waals surface area contributed by atoms with E-state index in [0.717, 1.165) is 44.6 Å². The van der Waals surface area contributed by atoms with Crippen molar-refractivity contribution in [1.82, 2.24) is 15.1 Å². The molecule has 0 radical (unpaired) electrons. The molecular formula is C37H32F3N5O. The second kappa shape index (κ2) is 12.1. The predicted octanol–water partition coefficient (Wildman–Crippen LogP) is 8.00. The minimum absolute atomic E-state index is 0.187. The molecule has 46 heavy (non-hydrogen) atoms. The Hall–Kier alpha value is -4.99. The van der Waals surface area contributed by atoms with Crippen LogP contribution in [0.3, 0.4) is 0 Å². The van der Waals surface area contributed by atoms with Crippen LogP contribution in [0.15, 0.2) is 109 Å². The third kappa shape index (κ3) is 5.99. The molecular weight excluding hydrogens is 587 g/mol. The average molecular weight is 620 g/mol. The van der Waals surface area contributed by atoms with Crippen molar-refractivity contribution in [3.05, 3.63) is 137 Å². The van der Waals surface area contributed by atoms with Crippen molar-refractivity contribution in [3.63, 3.8) is 0 Å². The highest BCUT2D eigenvalue weighted by molar-refractivity contribution is 6.09. The van der Waals surface area contributed by atoms with Gasteiger partial charge in [-0.05, 0) is 93.9 Å². The van der Waals surface area contributed by atoms with Gasteiger partial charge >= 0.3 is 6.18 Å². The summed E-state index contributed by atoms with van der Waals surface area (Å²) in [6.45, 7) is 1.04. The Balaban J connectivity index is 1.26. The molecule has 0 bridgehead atoms. The van der Waals surface area contributed by atoms with Crippen LogP contribution < -0.4 is 16.4 Å². The number of alkyl halides is 3. The molecule has 7 rings (SSSR count). The van der Waals surface area contributed by atoms with Crippen LogP contribution in [-0.2, 0) is 12.7 Å². The Morgan fingerprint density at radius 2 is 1.61 bits per heavy atom. The standard InChI is InChI=1S/C37H32F3N5O/c38-37(39,40)34-20-33(45(44-34)28-11-5-7-24(17-28)21-41)36(46)43-27-10-6-9-26(18-27)35(42-22-23-15-16-23)32-19-25-8-1-2-12-29(25)30-13-3-4-14-31(30)32/h1-14,17-20,23,35,42H,15-16,21-22,41H2,(H,43,46). The molecule has 1 aliphatic carbocycles. The summed E-state index contributed by atoms with van der Waals surface area (Å²) in [5, 5.41) is 15.0. The van der Waals surface area contributed by atoms with Gasteiger partial charge in [0, 0.05) is 18.3 Å². The second-order valence-electron chi connectivity index (χ2n) is 11.8. The van der Waals surface area contributed by atoms with Crippen LogP contribution in [0.1, 0.15) is 51.8 Å². The molecule has 1 saturated carbocycles. The number of carbonyl (C=O) groups excluding carboxylic acids is 1. The topological polar surface area (TPSA) is 85.0 Å². The van der Waals surface area contributed by atoms with E-state index in [0.29, 0.717) is 22.9 Å². The summed E-state index contributed by atoms with van der Waals surface area (Å²) >= 11 is 0. The quantitative estimate of drug-likeness (QED) is 0.143. The van der Waals surface area contributed by atoms with Gasteiger partial charge in [-0.25, -0.2) is 4.68 Å². The zero-order valence-electron chi connectivity index (χ0n) is 24.9. The first-order valence-corrected chi connectivity index (χ1v) is 15.3. The lowest BCUT2D eigenvalue weighted by Crippen LogP contribution is -2.25. The first-order chi connectivity index (χ1) is 22.3. The van der Waals surface area contributed by atoms with E-state index in [1.807, 2.05) is 42.5 Å².